The van der Waals surface area contributed by atoms with Crippen molar-refractivity contribution in [2.24, 2.45) is 0 Å². The standard InChI is InChI=1S/C9H19NO3/c1-4-9(5-2,8(11)12)10-6-7-13-3/h10H,4-7H2,1-3H3,(H,11,12). The van der Waals surface area contributed by atoms with E-state index in [2.05, 4.69) is 5.32 Å². The molecule has 0 spiro atoms. The number of ether oxygens (including phenoxy) is 1. The van der Waals surface area contributed by atoms with Crippen molar-refractivity contribution in [3.8, 4) is 0 Å². The maximum Gasteiger partial charge on any atom is 0.323 e. The smallest absolute Gasteiger partial charge is 0.323 e. The first-order chi connectivity index (χ1) is 6.13. The third kappa shape index (κ3) is 3.32. The van der Waals surface area contributed by atoms with E-state index in [0.717, 1.165) is 0 Å². The largest absolute Gasteiger partial charge is 0.480 e. The maximum absolute atomic E-state index is 11.0. The molecule has 0 rings (SSSR count). The Kier molecular flexibility index (Phi) is 5.66. The van der Waals surface area contributed by atoms with Crippen LogP contribution in [0.2, 0.25) is 0 Å². The monoisotopic (exact) mass is 189 g/mol. The van der Waals surface area contributed by atoms with E-state index in [1.165, 1.54) is 0 Å². The first-order valence-electron chi connectivity index (χ1n) is 4.60. The van der Waals surface area contributed by atoms with Crippen molar-refractivity contribution < 1.29 is 14.6 Å². The second kappa shape index (κ2) is 5.94. The zero-order chi connectivity index (χ0) is 10.3. The molecule has 4 heteroatoms. The van der Waals surface area contributed by atoms with Gasteiger partial charge in [0.2, 0.25) is 0 Å². The van der Waals surface area contributed by atoms with Crippen LogP contribution in [0.25, 0.3) is 0 Å². The normalized spacial score (nSPS) is 11.6. The molecule has 0 saturated carbocycles. The highest BCUT2D eigenvalue weighted by molar-refractivity contribution is 5.78. The molecule has 0 aliphatic heterocycles. The van der Waals surface area contributed by atoms with Crippen LogP contribution in [0.15, 0.2) is 0 Å². The molecule has 0 aromatic heterocycles. The fourth-order valence-corrected chi connectivity index (χ4v) is 1.27. The molecule has 0 aromatic rings. The Morgan fingerprint density at radius 1 is 1.46 bits per heavy atom. The Morgan fingerprint density at radius 3 is 2.31 bits per heavy atom. The van der Waals surface area contributed by atoms with Crippen LogP contribution in [0, 0.1) is 0 Å². The Labute approximate surface area is 79.3 Å². The van der Waals surface area contributed by atoms with Gasteiger partial charge in [-0.15, -0.1) is 0 Å². The molecule has 0 aliphatic rings. The lowest BCUT2D eigenvalue weighted by atomic mass is 9.93. The Morgan fingerprint density at radius 2 is 2.00 bits per heavy atom. The third-order valence-corrected chi connectivity index (χ3v) is 2.39. The van der Waals surface area contributed by atoms with Gasteiger partial charge < -0.3 is 9.84 Å². The van der Waals surface area contributed by atoms with Gasteiger partial charge in [0.15, 0.2) is 0 Å². The zero-order valence-corrected chi connectivity index (χ0v) is 8.59. The van der Waals surface area contributed by atoms with Gasteiger partial charge in [0.1, 0.15) is 5.54 Å². The van der Waals surface area contributed by atoms with Crippen LogP contribution in [0.4, 0.5) is 0 Å². The molecule has 0 unspecified atom stereocenters. The predicted octanol–water partition coefficient (Wildman–Crippen LogP) is 0.866. The number of carbonyl (C=O) groups is 1. The number of hydrogen-bond acceptors (Lipinski definition) is 3. The fourth-order valence-electron chi connectivity index (χ4n) is 1.27. The first-order valence-corrected chi connectivity index (χ1v) is 4.60. The summed E-state index contributed by atoms with van der Waals surface area (Å²) in [5, 5.41) is 12.0. The number of rotatable bonds is 7. The van der Waals surface area contributed by atoms with E-state index < -0.39 is 11.5 Å². The van der Waals surface area contributed by atoms with Gasteiger partial charge >= 0.3 is 5.97 Å². The highest BCUT2D eigenvalue weighted by atomic mass is 16.5. The van der Waals surface area contributed by atoms with E-state index in [4.69, 9.17) is 9.84 Å². The topological polar surface area (TPSA) is 58.6 Å². The van der Waals surface area contributed by atoms with Gasteiger partial charge in [-0.1, -0.05) is 13.8 Å². The number of aliphatic carboxylic acids is 1. The third-order valence-electron chi connectivity index (χ3n) is 2.39. The van der Waals surface area contributed by atoms with Crippen LogP contribution in [-0.2, 0) is 9.53 Å². The van der Waals surface area contributed by atoms with Crippen molar-refractivity contribution in [3.05, 3.63) is 0 Å². The molecule has 4 nitrogen and oxygen atoms in total. The summed E-state index contributed by atoms with van der Waals surface area (Å²) in [5.74, 6) is -0.784. The van der Waals surface area contributed by atoms with Gasteiger partial charge in [-0.25, -0.2) is 0 Å². The lowest BCUT2D eigenvalue weighted by Crippen LogP contribution is -2.52. The molecular formula is C9H19NO3. The summed E-state index contributed by atoms with van der Waals surface area (Å²) in [6.45, 7) is 4.86. The van der Waals surface area contributed by atoms with E-state index >= 15 is 0 Å². The maximum atomic E-state index is 11.0. The van der Waals surface area contributed by atoms with Crippen LogP contribution in [0.3, 0.4) is 0 Å². The average molecular weight is 189 g/mol. The summed E-state index contributed by atoms with van der Waals surface area (Å²) >= 11 is 0. The average Bonchev–Trinajstić information content (AvgIpc) is 2.13. The van der Waals surface area contributed by atoms with Crippen LogP contribution in [0.5, 0.6) is 0 Å². The minimum absolute atomic E-state index is 0.537. The van der Waals surface area contributed by atoms with Gasteiger partial charge in [-0.2, -0.15) is 0 Å². The van der Waals surface area contributed by atoms with E-state index in [0.29, 0.717) is 26.0 Å². The lowest BCUT2D eigenvalue weighted by Gasteiger charge is -2.27. The molecule has 0 bridgehead atoms. The van der Waals surface area contributed by atoms with E-state index in [1.54, 1.807) is 7.11 Å². The van der Waals surface area contributed by atoms with Crippen LogP contribution in [-0.4, -0.2) is 36.9 Å². The molecule has 13 heavy (non-hydrogen) atoms. The fraction of sp³-hybridized carbons (Fsp3) is 0.889. The van der Waals surface area contributed by atoms with Gasteiger partial charge in [0.25, 0.3) is 0 Å². The van der Waals surface area contributed by atoms with Crippen LogP contribution >= 0.6 is 0 Å². The Hall–Kier alpha value is -0.610. The SMILES string of the molecule is CCC(CC)(NCCOC)C(=O)O. The van der Waals surface area contributed by atoms with Crippen molar-refractivity contribution in [2.45, 2.75) is 32.2 Å². The van der Waals surface area contributed by atoms with Crippen molar-refractivity contribution in [1.29, 1.82) is 0 Å². The van der Waals surface area contributed by atoms with Crippen molar-refractivity contribution >= 4 is 5.97 Å². The molecular weight excluding hydrogens is 170 g/mol. The van der Waals surface area contributed by atoms with E-state index in [9.17, 15) is 4.79 Å². The molecule has 0 aliphatic carbocycles. The second-order valence-corrected chi connectivity index (χ2v) is 3.01. The summed E-state index contributed by atoms with van der Waals surface area (Å²) in [6.07, 6.45) is 1.17. The zero-order valence-electron chi connectivity index (χ0n) is 8.59. The summed E-state index contributed by atoms with van der Waals surface area (Å²) in [4.78, 5) is 11.0. The van der Waals surface area contributed by atoms with Crippen molar-refractivity contribution in [1.82, 2.24) is 5.32 Å². The Bertz CT molecular complexity index is 155. The van der Waals surface area contributed by atoms with Gasteiger partial charge in [-0.05, 0) is 12.8 Å². The first kappa shape index (κ1) is 12.4. The molecule has 0 aromatic carbocycles. The summed E-state index contributed by atoms with van der Waals surface area (Å²) in [5.41, 5.74) is -0.779. The molecule has 0 radical (unpaired) electrons. The number of carboxylic acid groups (broad SMARTS) is 1. The summed E-state index contributed by atoms with van der Waals surface area (Å²) < 4.78 is 4.85. The quantitative estimate of drug-likeness (QED) is 0.583. The predicted molar refractivity (Wildman–Crippen MR) is 50.8 cm³/mol. The van der Waals surface area contributed by atoms with Crippen molar-refractivity contribution in [3.63, 3.8) is 0 Å². The summed E-state index contributed by atoms with van der Waals surface area (Å²) in [6, 6.07) is 0. The van der Waals surface area contributed by atoms with E-state index in [1.807, 2.05) is 13.8 Å². The summed E-state index contributed by atoms with van der Waals surface area (Å²) in [7, 11) is 1.60. The molecule has 78 valence electrons. The molecule has 0 heterocycles. The Balaban J connectivity index is 4.14. The highest BCUT2D eigenvalue weighted by Gasteiger charge is 2.33. The van der Waals surface area contributed by atoms with E-state index in [-0.39, 0.29) is 0 Å². The van der Waals surface area contributed by atoms with Crippen LogP contribution < -0.4 is 5.32 Å². The highest BCUT2D eigenvalue weighted by Crippen LogP contribution is 2.14. The van der Waals surface area contributed by atoms with Gasteiger partial charge in [0.05, 0.1) is 6.61 Å². The molecule has 0 fully saturated rings. The minimum atomic E-state index is -0.784. The van der Waals surface area contributed by atoms with Crippen molar-refractivity contribution in [2.75, 3.05) is 20.3 Å². The van der Waals surface area contributed by atoms with Crippen LogP contribution in [0.1, 0.15) is 26.7 Å². The number of methoxy groups -OCH3 is 1. The number of carboxylic acids is 1. The molecule has 0 atom stereocenters. The second-order valence-electron chi connectivity index (χ2n) is 3.01. The van der Waals surface area contributed by atoms with Gasteiger partial charge in [0, 0.05) is 13.7 Å². The molecule has 2 N–H and O–H groups in total. The lowest BCUT2D eigenvalue weighted by molar-refractivity contribution is -0.145. The molecule has 0 saturated heterocycles. The molecule has 0 amide bonds. The minimum Gasteiger partial charge on any atom is -0.480 e. The number of hydrogen-bond donors (Lipinski definition) is 2. The number of nitrogens with one attached hydrogen (secondary N) is 1. The van der Waals surface area contributed by atoms with Gasteiger partial charge in [-0.3, -0.25) is 10.1 Å².